The highest BCUT2D eigenvalue weighted by molar-refractivity contribution is 6.08. The number of hydrogen-bond acceptors (Lipinski definition) is 3. The second-order valence-corrected chi connectivity index (χ2v) is 10.1. The van der Waals surface area contributed by atoms with E-state index in [0.717, 1.165) is 24.9 Å². The summed E-state index contributed by atoms with van der Waals surface area (Å²) in [6.07, 6.45) is 8.98. The number of benzene rings is 3. The number of rotatable bonds is 8. The van der Waals surface area contributed by atoms with Crippen molar-refractivity contribution in [3.8, 4) is 11.1 Å². The number of anilines is 1. The summed E-state index contributed by atoms with van der Waals surface area (Å²) in [5, 5.41) is 0. The molecule has 2 aliphatic rings. The molecule has 3 aromatic carbocycles. The van der Waals surface area contributed by atoms with Crippen LogP contribution in [0.25, 0.3) is 22.8 Å². The van der Waals surface area contributed by atoms with Crippen LogP contribution in [0.2, 0.25) is 0 Å². The van der Waals surface area contributed by atoms with Crippen LogP contribution in [0.3, 0.4) is 0 Å². The van der Waals surface area contributed by atoms with Gasteiger partial charge in [-0.1, -0.05) is 55.0 Å². The van der Waals surface area contributed by atoms with Crippen LogP contribution in [0.4, 0.5) is 5.69 Å². The Morgan fingerprint density at radius 1 is 0.829 bits per heavy atom. The average Bonchev–Trinajstić information content (AvgIpc) is 3.20. The highest BCUT2D eigenvalue weighted by Gasteiger charge is 2.24. The summed E-state index contributed by atoms with van der Waals surface area (Å²) in [7, 11) is 4.12. The molecule has 1 fully saturated rings. The SMILES string of the molecule is CN(C)c1ccc(C=C2c3ccccc3-c3ccc(C(=O)CCCCN4CCCCC4)cc32)cc1. The van der Waals surface area contributed by atoms with Gasteiger partial charge in [-0.2, -0.15) is 0 Å². The molecule has 5 rings (SSSR count). The number of carbonyl (C=O) groups is 1. The zero-order valence-corrected chi connectivity index (χ0v) is 21.1. The molecule has 0 bridgehead atoms. The van der Waals surface area contributed by atoms with Crippen molar-refractivity contribution in [2.24, 2.45) is 0 Å². The first-order chi connectivity index (χ1) is 17.1. The standard InChI is InChI=1S/C32H36N2O/c1-33(2)26-16-13-24(14-17-26)22-30-28-11-5-4-10-27(28)29-18-15-25(23-31(29)30)32(35)12-6-9-21-34-19-7-3-8-20-34/h4-5,10-11,13-18,22-23H,3,6-9,12,19-21H2,1-2H3. The zero-order chi connectivity index (χ0) is 24.2. The largest absolute Gasteiger partial charge is 0.378 e. The number of fused-ring (bicyclic) bond motifs is 3. The van der Waals surface area contributed by atoms with Crippen molar-refractivity contribution in [2.45, 2.75) is 38.5 Å². The fourth-order valence-electron chi connectivity index (χ4n) is 5.41. The zero-order valence-electron chi connectivity index (χ0n) is 21.1. The molecule has 1 aliphatic heterocycles. The van der Waals surface area contributed by atoms with Gasteiger partial charge in [0.2, 0.25) is 0 Å². The molecular formula is C32H36N2O. The second-order valence-electron chi connectivity index (χ2n) is 10.1. The molecule has 3 aromatic rings. The second kappa shape index (κ2) is 10.6. The van der Waals surface area contributed by atoms with Crippen LogP contribution in [0, 0.1) is 0 Å². The van der Waals surface area contributed by atoms with Gasteiger partial charge in [0.25, 0.3) is 0 Å². The Kier molecular flexibility index (Phi) is 7.15. The van der Waals surface area contributed by atoms with Gasteiger partial charge in [0.1, 0.15) is 0 Å². The monoisotopic (exact) mass is 464 g/mol. The summed E-state index contributed by atoms with van der Waals surface area (Å²) in [4.78, 5) is 17.8. The normalized spacial score (nSPS) is 16.2. The molecule has 3 heteroatoms. The predicted molar refractivity (Wildman–Crippen MR) is 148 cm³/mol. The van der Waals surface area contributed by atoms with Gasteiger partial charge in [-0.15, -0.1) is 0 Å². The molecule has 1 aliphatic carbocycles. The van der Waals surface area contributed by atoms with Gasteiger partial charge in [-0.25, -0.2) is 0 Å². The summed E-state index contributed by atoms with van der Waals surface area (Å²) in [6.45, 7) is 3.59. The molecule has 0 spiro atoms. The van der Waals surface area contributed by atoms with Gasteiger partial charge >= 0.3 is 0 Å². The first kappa shape index (κ1) is 23.6. The molecule has 0 aromatic heterocycles. The molecule has 0 amide bonds. The van der Waals surface area contributed by atoms with E-state index in [9.17, 15) is 4.79 Å². The third-order valence-corrected chi connectivity index (χ3v) is 7.44. The molecule has 0 unspecified atom stereocenters. The summed E-state index contributed by atoms with van der Waals surface area (Å²) < 4.78 is 0. The Hall–Kier alpha value is -3.17. The third kappa shape index (κ3) is 5.26. The first-order valence-electron chi connectivity index (χ1n) is 13.1. The first-order valence-corrected chi connectivity index (χ1v) is 13.1. The van der Waals surface area contributed by atoms with Crippen molar-refractivity contribution in [3.63, 3.8) is 0 Å². The van der Waals surface area contributed by atoms with Crippen LogP contribution in [0.5, 0.6) is 0 Å². The highest BCUT2D eigenvalue weighted by Crippen LogP contribution is 2.45. The van der Waals surface area contributed by atoms with Gasteiger partial charge < -0.3 is 9.80 Å². The number of likely N-dealkylation sites (tertiary alicyclic amines) is 1. The smallest absolute Gasteiger partial charge is 0.162 e. The number of hydrogen-bond donors (Lipinski definition) is 0. The van der Waals surface area contributed by atoms with Crippen molar-refractivity contribution < 1.29 is 4.79 Å². The Balaban J connectivity index is 1.35. The summed E-state index contributed by atoms with van der Waals surface area (Å²) in [5.74, 6) is 0.261. The van der Waals surface area contributed by atoms with E-state index in [1.165, 1.54) is 71.4 Å². The number of Topliss-reactive ketones (excluding diaryl/α,β-unsaturated/α-hetero) is 1. The minimum atomic E-state index is 0.261. The molecule has 0 atom stereocenters. The minimum Gasteiger partial charge on any atom is -0.378 e. The van der Waals surface area contributed by atoms with E-state index in [0.29, 0.717) is 6.42 Å². The van der Waals surface area contributed by atoms with Crippen molar-refractivity contribution in [3.05, 3.63) is 89.0 Å². The summed E-state index contributed by atoms with van der Waals surface area (Å²) >= 11 is 0. The predicted octanol–water partition coefficient (Wildman–Crippen LogP) is 7.16. The maximum atomic E-state index is 13.1. The molecule has 180 valence electrons. The minimum absolute atomic E-state index is 0.261. The van der Waals surface area contributed by atoms with Gasteiger partial charge in [0, 0.05) is 31.8 Å². The van der Waals surface area contributed by atoms with E-state index < -0.39 is 0 Å². The van der Waals surface area contributed by atoms with Crippen molar-refractivity contribution in [2.75, 3.05) is 38.6 Å². The van der Waals surface area contributed by atoms with Gasteiger partial charge in [0.15, 0.2) is 5.78 Å². The fraction of sp³-hybridized carbons (Fsp3) is 0.344. The highest BCUT2D eigenvalue weighted by atomic mass is 16.1. The molecule has 1 heterocycles. The van der Waals surface area contributed by atoms with Crippen LogP contribution >= 0.6 is 0 Å². The van der Waals surface area contributed by atoms with Crippen LogP contribution in [0.1, 0.15) is 65.6 Å². The summed E-state index contributed by atoms with van der Waals surface area (Å²) in [6, 6.07) is 23.5. The Bertz CT molecular complexity index is 1220. The number of piperidine rings is 1. The molecule has 35 heavy (non-hydrogen) atoms. The summed E-state index contributed by atoms with van der Waals surface area (Å²) in [5.41, 5.74) is 9.27. The van der Waals surface area contributed by atoms with Crippen molar-refractivity contribution in [1.82, 2.24) is 4.90 Å². The number of ketones is 1. The van der Waals surface area contributed by atoms with Gasteiger partial charge in [-0.05, 0) is 103 Å². The lowest BCUT2D eigenvalue weighted by molar-refractivity contribution is 0.0977. The van der Waals surface area contributed by atoms with Crippen molar-refractivity contribution >= 4 is 23.1 Å². The van der Waals surface area contributed by atoms with Gasteiger partial charge in [-0.3, -0.25) is 4.79 Å². The lowest BCUT2D eigenvalue weighted by Crippen LogP contribution is -2.30. The van der Waals surface area contributed by atoms with Crippen LogP contribution in [-0.2, 0) is 0 Å². The Morgan fingerprint density at radius 2 is 1.54 bits per heavy atom. The average molecular weight is 465 g/mol. The van der Waals surface area contributed by atoms with Gasteiger partial charge in [0.05, 0.1) is 0 Å². The molecule has 1 saturated heterocycles. The van der Waals surface area contributed by atoms with Crippen LogP contribution < -0.4 is 4.90 Å². The number of carbonyl (C=O) groups excluding carboxylic acids is 1. The molecule has 0 radical (unpaired) electrons. The van der Waals surface area contributed by atoms with E-state index in [1.807, 2.05) is 6.07 Å². The Morgan fingerprint density at radius 3 is 2.29 bits per heavy atom. The van der Waals surface area contributed by atoms with E-state index >= 15 is 0 Å². The lowest BCUT2D eigenvalue weighted by Gasteiger charge is -2.26. The van der Waals surface area contributed by atoms with E-state index in [1.54, 1.807) is 0 Å². The van der Waals surface area contributed by atoms with Crippen LogP contribution in [0.15, 0.2) is 66.7 Å². The number of nitrogens with zero attached hydrogens (tertiary/aromatic N) is 2. The van der Waals surface area contributed by atoms with E-state index in [2.05, 4.69) is 90.6 Å². The molecule has 3 nitrogen and oxygen atoms in total. The van der Waals surface area contributed by atoms with E-state index in [4.69, 9.17) is 0 Å². The molecular weight excluding hydrogens is 428 g/mol. The quantitative estimate of drug-likeness (QED) is 0.204. The fourth-order valence-corrected chi connectivity index (χ4v) is 5.41. The maximum absolute atomic E-state index is 13.1. The lowest BCUT2D eigenvalue weighted by atomic mass is 9.96. The number of unbranched alkanes of at least 4 members (excludes halogenated alkanes) is 1. The molecule has 0 saturated carbocycles. The Labute approximate surface area is 210 Å². The van der Waals surface area contributed by atoms with Crippen LogP contribution in [-0.4, -0.2) is 44.4 Å². The molecule has 0 N–H and O–H groups in total. The third-order valence-electron chi connectivity index (χ3n) is 7.44. The topological polar surface area (TPSA) is 23.6 Å². The van der Waals surface area contributed by atoms with Crippen molar-refractivity contribution in [1.29, 1.82) is 0 Å². The van der Waals surface area contributed by atoms with E-state index in [-0.39, 0.29) is 5.78 Å². The maximum Gasteiger partial charge on any atom is 0.162 e.